The Kier molecular flexibility index (Phi) is 3.96. The Morgan fingerprint density at radius 2 is 1.21 bits per heavy atom. The Labute approximate surface area is 184 Å². The highest BCUT2D eigenvalue weighted by molar-refractivity contribution is 14.1. The largest absolute Gasteiger partial charge is 0.135 e. The first-order chi connectivity index (χ1) is 13.8. The quantitative estimate of drug-likeness (QED) is 0.206. The van der Waals surface area contributed by atoms with Crippen LogP contribution in [0.5, 0.6) is 0 Å². The summed E-state index contributed by atoms with van der Waals surface area (Å²) in [6.07, 6.45) is 0.978. The summed E-state index contributed by atoms with van der Waals surface area (Å²) in [7, 11) is 0. The highest BCUT2D eigenvalue weighted by Gasteiger charge is 2.09. The van der Waals surface area contributed by atoms with Gasteiger partial charge < -0.3 is 0 Å². The van der Waals surface area contributed by atoms with Gasteiger partial charge in [-0.15, -0.1) is 22.7 Å². The lowest BCUT2D eigenvalue weighted by Crippen LogP contribution is -1.87. The van der Waals surface area contributed by atoms with Gasteiger partial charge in [-0.05, 0) is 64.4 Å². The molecule has 0 radical (unpaired) electrons. The van der Waals surface area contributed by atoms with Gasteiger partial charge >= 0.3 is 0 Å². The fraction of sp³-hybridized carbons (Fsp3) is 0.0400. The summed E-state index contributed by atoms with van der Waals surface area (Å²) < 4.78 is 6.89. The van der Waals surface area contributed by atoms with Gasteiger partial charge in [0, 0.05) is 43.9 Å². The summed E-state index contributed by atoms with van der Waals surface area (Å²) in [5, 5.41) is 5.50. The monoisotopic (exact) mass is 506 g/mol. The van der Waals surface area contributed by atoms with Gasteiger partial charge in [0.25, 0.3) is 0 Å². The van der Waals surface area contributed by atoms with E-state index in [-0.39, 0.29) is 0 Å². The summed E-state index contributed by atoms with van der Waals surface area (Å²) in [5.74, 6) is 0. The molecular weight excluding hydrogens is 491 g/mol. The average Bonchev–Trinajstić information content (AvgIpc) is 3.26. The molecule has 6 aromatic rings. The lowest BCUT2D eigenvalue weighted by Gasteiger charge is -2.03. The zero-order valence-corrected chi connectivity index (χ0v) is 18.7. The molecule has 0 bridgehead atoms. The van der Waals surface area contributed by atoms with Gasteiger partial charge in [-0.2, -0.15) is 0 Å². The number of thiophene rings is 2. The molecule has 0 N–H and O–H groups in total. The highest BCUT2D eigenvalue weighted by Crippen LogP contribution is 2.38. The van der Waals surface area contributed by atoms with E-state index < -0.39 is 0 Å². The van der Waals surface area contributed by atoms with Gasteiger partial charge in [0.2, 0.25) is 0 Å². The molecule has 28 heavy (non-hydrogen) atoms. The van der Waals surface area contributed by atoms with Gasteiger partial charge in [-0.1, -0.05) is 54.6 Å². The Morgan fingerprint density at radius 1 is 0.571 bits per heavy atom. The van der Waals surface area contributed by atoms with Crippen molar-refractivity contribution < 1.29 is 0 Å². The maximum atomic E-state index is 2.45. The molecule has 0 amide bonds. The van der Waals surface area contributed by atoms with Crippen LogP contribution in [-0.4, -0.2) is 0 Å². The lowest BCUT2D eigenvalue weighted by molar-refractivity contribution is 1.21. The van der Waals surface area contributed by atoms with Crippen molar-refractivity contribution >= 4 is 85.6 Å². The number of rotatable bonds is 2. The Bertz CT molecular complexity index is 1500. The molecule has 0 saturated heterocycles. The van der Waals surface area contributed by atoms with Crippen LogP contribution < -0.4 is 0 Å². The van der Waals surface area contributed by atoms with Crippen LogP contribution >= 0.6 is 45.3 Å². The van der Waals surface area contributed by atoms with E-state index in [1.54, 1.807) is 0 Å². The highest BCUT2D eigenvalue weighted by atomic mass is 127. The molecule has 0 atom stereocenters. The van der Waals surface area contributed by atoms with Gasteiger partial charge in [0.05, 0.1) is 0 Å². The van der Waals surface area contributed by atoms with Crippen molar-refractivity contribution in [1.82, 2.24) is 0 Å². The molecule has 0 aliphatic heterocycles. The molecule has 0 aliphatic rings. The van der Waals surface area contributed by atoms with Gasteiger partial charge in [0.1, 0.15) is 0 Å². The van der Waals surface area contributed by atoms with E-state index in [1.807, 2.05) is 22.7 Å². The summed E-state index contributed by atoms with van der Waals surface area (Å²) in [4.78, 5) is 0. The normalized spacial score (nSPS) is 11.9. The molecule has 2 aromatic heterocycles. The number of fused-ring (bicyclic) bond motifs is 6. The molecule has 6 rings (SSSR count). The van der Waals surface area contributed by atoms with E-state index >= 15 is 0 Å². The molecule has 0 unspecified atom stereocenters. The molecule has 0 saturated carbocycles. The van der Waals surface area contributed by atoms with Gasteiger partial charge in [-0.25, -0.2) is 0 Å². The van der Waals surface area contributed by atoms with Gasteiger partial charge in [0.15, 0.2) is 0 Å². The van der Waals surface area contributed by atoms with Crippen molar-refractivity contribution in [3.8, 4) is 0 Å². The van der Waals surface area contributed by atoms with E-state index in [0.717, 1.165) is 6.42 Å². The van der Waals surface area contributed by atoms with E-state index in [1.165, 1.54) is 55.0 Å². The Balaban J connectivity index is 1.42. The summed E-state index contributed by atoms with van der Waals surface area (Å²) in [6, 6.07) is 29.2. The third-order valence-corrected chi connectivity index (χ3v) is 8.97. The van der Waals surface area contributed by atoms with Crippen molar-refractivity contribution in [3.63, 3.8) is 0 Å². The molecule has 134 valence electrons. The topological polar surface area (TPSA) is 0 Å². The van der Waals surface area contributed by atoms with E-state index in [9.17, 15) is 0 Å². The van der Waals surface area contributed by atoms with Gasteiger partial charge in [-0.3, -0.25) is 0 Å². The van der Waals surface area contributed by atoms with Crippen molar-refractivity contribution in [2.45, 2.75) is 6.42 Å². The zero-order chi connectivity index (χ0) is 18.7. The summed E-state index contributed by atoms with van der Waals surface area (Å²) >= 11 is 6.25. The van der Waals surface area contributed by atoms with Crippen LogP contribution in [0.25, 0.3) is 40.3 Å². The van der Waals surface area contributed by atoms with Crippen molar-refractivity contribution in [2.24, 2.45) is 0 Å². The van der Waals surface area contributed by atoms with E-state index in [4.69, 9.17) is 0 Å². The maximum absolute atomic E-state index is 2.45. The number of benzene rings is 4. The van der Waals surface area contributed by atoms with Crippen molar-refractivity contribution in [3.05, 3.63) is 93.6 Å². The fourth-order valence-electron chi connectivity index (χ4n) is 4.03. The van der Waals surface area contributed by atoms with E-state index in [0.29, 0.717) is 0 Å². The SMILES string of the molecule is Ic1cccc2c1sc1cc(Cc3ccc4c(c3)sc3ccccc34)ccc12. The first kappa shape index (κ1) is 17.0. The second kappa shape index (κ2) is 6.55. The third-order valence-electron chi connectivity index (χ3n) is 5.37. The predicted octanol–water partition coefficient (Wildman–Crippen LogP) is 8.62. The molecule has 0 spiro atoms. The first-order valence-corrected chi connectivity index (χ1v) is 12.0. The van der Waals surface area contributed by atoms with E-state index in [2.05, 4.69) is 101 Å². The molecule has 0 nitrogen and oxygen atoms in total. The summed E-state index contributed by atoms with van der Waals surface area (Å²) in [5.41, 5.74) is 2.77. The van der Waals surface area contributed by atoms with Crippen LogP contribution in [0.2, 0.25) is 0 Å². The number of halogens is 1. The van der Waals surface area contributed by atoms with Crippen molar-refractivity contribution in [1.29, 1.82) is 0 Å². The third kappa shape index (κ3) is 2.68. The minimum absolute atomic E-state index is 0.978. The second-order valence-electron chi connectivity index (χ2n) is 7.15. The number of hydrogen-bond donors (Lipinski definition) is 0. The maximum Gasteiger partial charge on any atom is 0.0488 e. The van der Waals surface area contributed by atoms with Crippen LogP contribution in [0, 0.1) is 3.57 Å². The molecule has 2 heterocycles. The van der Waals surface area contributed by atoms with Crippen LogP contribution in [0.3, 0.4) is 0 Å². The standard InChI is InChI=1S/C25H15IS2/c26-21-6-3-5-20-19-11-9-16(14-24(19)28-25(20)21)12-15-8-10-18-17-4-1-2-7-22(17)27-23(18)13-15/h1-11,13-14H,12H2. The Hall–Kier alpha value is -1.95. The van der Waals surface area contributed by atoms with Crippen LogP contribution in [-0.2, 0) is 6.42 Å². The predicted molar refractivity (Wildman–Crippen MR) is 134 cm³/mol. The average molecular weight is 506 g/mol. The minimum Gasteiger partial charge on any atom is -0.135 e. The molecule has 0 aliphatic carbocycles. The molecular formula is C25H15IS2. The fourth-order valence-corrected chi connectivity index (χ4v) is 7.20. The summed E-state index contributed by atoms with van der Waals surface area (Å²) in [6.45, 7) is 0. The van der Waals surface area contributed by atoms with Crippen LogP contribution in [0.15, 0.2) is 78.9 Å². The molecule has 4 aromatic carbocycles. The van der Waals surface area contributed by atoms with Crippen LogP contribution in [0.4, 0.5) is 0 Å². The molecule has 0 fully saturated rings. The second-order valence-corrected chi connectivity index (χ2v) is 10.5. The smallest absolute Gasteiger partial charge is 0.0488 e. The van der Waals surface area contributed by atoms with Crippen LogP contribution in [0.1, 0.15) is 11.1 Å². The first-order valence-electron chi connectivity index (χ1n) is 9.26. The Morgan fingerprint density at radius 3 is 2.04 bits per heavy atom. The molecule has 3 heteroatoms. The zero-order valence-electron chi connectivity index (χ0n) is 14.9. The van der Waals surface area contributed by atoms with Crippen molar-refractivity contribution in [2.75, 3.05) is 0 Å². The minimum atomic E-state index is 0.978. The number of hydrogen-bond acceptors (Lipinski definition) is 2. The lowest BCUT2D eigenvalue weighted by atomic mass is 10.0.